The van der Waals surface area contributed by atoms with Crippen molar-refractivity contribution < 1.29 is 4.79 Å². The van der Waals surface area contributed by atoms with Crippen molar-refractivity contribution in [2.24, 2.45) is 0 Å². The molecule has 0 aliphatic carbocycles. The Morgan fingerprint density at radius 1 is 0.962 bits per heavy atom. The highest BCUT2D eigenvalue weighted by molar-refractivity contribution is 7.97. The number of aromatic nitrogens is 1. The summed E-state index contributed by atoms with van der Waals surface area (Å²) in [5, 5.41) is 2.80. The fourth-order valence-electron chi connectivity index (χ4n) is 2.79. The summed E-state index contributed by atoms with van der Waals surface area (Å²) in [4.78, 5) is 18.0. The second-order valence-corrected chi connectivity index (χ2v) is 8.39. The van der Waals surface area contributed by atoms with E-state index in [9.17, 15) is 4.79 Å². The van der Waals surface area contributed by atoms with E-state index < -0.39 is 0 Å². The van der Waals surface area contributed by atoms with Gasteiger partial charge in [0.25, 0.3) is 0 Å². The van der Waals surface area contributed by atoms with Crippen LogP contribution in [0.1, 0.15) is 14.5 Å². The van der Waals surface area contributed by atoms with Crippen molar-refractivity contribution in [1.82, 2.24) is 4.98 Å². The van der Waals surface area contributed by atoms with Crippen molar-refractivity contribution in [3.05, 3.63) is 75.8 Å². The van der Waals surface area contributed by atoms with Crippen LogP contribution in [-0.2, 0) is 0 Å². The molecule has 0 spiro atoms. The monoisotopic (exact) mass is 393 g/mol. The maximum absolute atomic E-state index is 11.5. The first-order valence-electron chi connectivity index (χ1n) is 8.07. The number of hydrogen-bond acceptors (Lipinski definition) is 4. The second kappa shape index (κ2) is 7.19. The molecule has 0 radical (unpaired) electrons. The molecular formula is C21H15NOS3. The normalized spacial score (nSPS) is 10.8. The van der Waals surface area contributed by atoms with E-state index in [0.29, 0.717) is 4.88 Å². The van der Waals surface area contributed by atoms with E-state index in [1.165, 1.54) is 22.5 Å². The molecule has 2 nitrogen and oxygen atoms in total. The molecule has 26 heavy (non-hydrogen) atoms. The summed E-state index contributed by atoms with van der Waals surface area (Å²) in [7, 11) is 0. The van der Waals surface area contributed by atoms with E-state index in [-0.39, 0.29) is 5.12 Å². The van der Waals surface area contributed by atoms with Crippen molar-refractivity contribution in [2.45, 2.75) is 6.92 Å². The number of nitrogens with zero attached hydrogens (tertiary/aromatic N) is 1. The third-order valence-electron chi connectivity index (χ3n) is 4.15. The summed E-state index contributed by atoms with van der Waals surface area (Å²) in [6, 6.07) is 20.7. The quantitative estimate of drug-likeness (QED) is 0.397. The Balaban J connectivity index is 1.63. The van der Waals surface area contributed by atoms with Gasteiger partial charge in [0.05, 0.1) is 10.6 Å². The predicted octanol–water partition coefficient (Wildman–Crippen LogP) is 6.58. The van der Waals surface area contributed by atoms with Gasteiger partial charge < -0.3 is 0 Å². The van der Waals surface area contributed by atoms with Crippen molar-refractivity contribution >= 4 is 40.4 Å². The van der Waals surface area contributed by atoms with Crippen LogP contribution >= 0.6 is 35.3 Å². The van der Waals surface area contributed by atoms with Crippen LogP contribution in [0.4, 0.5) is 0 Å². The highest BCUT2D eigenvalue weighted by Crippen LogP contribution is 2.36. The maximum Gasteiger partial charge on any atom is 0.226 e. The largest absolute Gasteiger partial charge is 0.281 e. The standard InChI is InChI=1S/C21H15NOS3/c1-13-17(11-19(26-13)21(23)24)20-22-18(12-25-20)16-9-7-15(8-10-16)14-5-3-2-4-6-14/h2-12H,1H3,(H,23,24). The number of carbonyl (C=O) groups is 1. The lowest BCUT2D eigenvalue weighted by molar-refractivity contribution is 0.109. The van der Waals surface area contributed by atoms with Crippen LogP contribution in [0.5, 0.6) is 0 Å². The number of thiol groups is 1. The molecule has 2 aromatic heterocycles. The van der Waals surface area contributed by atoms with Gasteiger partial charge in [-0.25, -0.2) is 4.98 Å². The molecule has 0 amide bonds. The SMILES string of the molecule is Cc1sc(C(=O)S)cc1-c1nc(-c2ccc(-c3ccccc3)cc2)cs1. The zero-order chi connectivity index (χ0) is 18.1. The molecule has 0 N–H and O–H groups in total. The molecular weight excluding hydrogens is 378 g/mol. The Bertz CT molecular complexity index is 1060. The lowest BCUT2D eigenvalue weighted by Gasteiger charge is -2.02. The third-order valence-corrected chi connectivity index (χ3v) is 6.47. The van der Waals surface area contributed by atoms with Gasteiger partial charge in [-0.05, 0) is 24.1 Å². The van der Waals surface area contributed by atoms with Gasteiger partial charge in [-0.1, -0.05) is 67.2 Å². The number of hydrogen-bond donors (Lipinski definition) is 1. The predicted molar refractivity (Wildman–Crippen MR) is 114 cm³/mol. The third kappa shape index (κ3) is 3.38. The van der Waals surface area contributed by atoms with E-state index in [0.717, 1.165) is 26.7 Å². The smallest absolute Gasteiger partial charge is 0.226 e. The van der Waals surface area contributed by atoms with Gasteiger partial charge in [-0.15, -0.1) is 22.7 Å². The minimum atomic E-state index is -0.197. The molecule has 0 aliphatic rings. The van der Waals surface area contributed by atoms with E-state index in [4.69, 9.17) is 4.98 Å². The number of aryl methyl sites for hydroxylation is 1. The molecule has 0 unspecified atom stereocenters. The molecule has 4 aromatic rings. The van der Waals surface area contributed by atoms with Gasteiger partial charge >= 0.3 is 0 Å². The van der Waals surface area contributed by atoms with Crippen LogP contribution in [0.3, 0.4) is 0 Å². The lowest BCUT2D eigenvalue weighted by atomic mass is 10.0. The average molecular weight is 394 g/mol. The van der Waals surface area contributed by atoms with Crippen LogP contribution in [0.2, 0.25) is 0 Å². The summed E-state index contributed by atoms with van der Waals surface area (Å²) < 4.78 is 0. The van der Waals surface area contributed by atoms with E-state index in [1.807, 2.05) is 31.2 Å². The molecule has 0 atom stereocenters. The van der Waals surface area contributed by atoms with Crippen molar-refractivity contribution in [1.29, 1.82) is 0 Å². The molecule has 0 aliphatic heterocycles. The number of thiophene rings is 1. The molecule has 0 bridgehead atoms. The topological polar surface area (TPSA) is 30.0 Å². The van der Waals surface area contributed by atoms with Crippen LogP contribution < -0.4 is 0 Å². The van der Waals surface area contributed by atoms with Crippen LogP contribution in [-0.4, -0.2) is 10.1 Å². The average Bonchev–Trinajstić information content (AvgIpc) is 3.29. The van der Waals surface area contributed by atoms with Crippen LogP contribution in [0, 0.1) is 6.92 Å². The zero-order valence-electron chi connectivity index (χ0n) is 14.0. The highest BCUT2D eigenvalue weighted by Gasteiger charge is 2.14. The summed E-state index contributed by atoms with van der Waals surface area (Å²) in [5.74, 6) is 0. The van der Waals surface area contributed by atoms with Gasteiger partial charge in [0, 0.05) is 21.4 Å². The summed E-state index contributed by atoms with van der Waals surface area (Å²) in [5.41, 5.74) is 5.45. The van der Waals surface area contributed by atoms with Crippen LogP contribution in [0.15, 0.2) is 66.0 Å². The molecule has 4 rings (SSSR count). The van der Waals surface area contributed by atoms with Crippen molar-refractivity contribution in [3.63, 3.8) is 0 Å². The molecule has 0 saturated carbocycles. The van der Waals surface area contributed by atoms with E-state index >= 15 is 0 Å². The molecule has 0 fully saturated rings. The van der Waals surface area contributed by atoms with E-state index in [1.54, 1.807) is 11.3 Å². The minimum Gasteiger partial charge on any atom is -0.281 e. The first-order valence-corrected chi connectivity index (χ1v) is 10.2. The van der Waals surface area contributed by atoms with Crippen LogP contribution in [0.25, 0.3) is 33.0 Å². The summed E-state index contributed by atoms with van der Waals surface area (Å²) >= 11 is 6.98. The lowest BCUT2D eigenvalue weighted by Crippen LogP contribution is -1.82. The van der Waals surface area contributed by atoms with E-state index in [2.05, 4.69) is 54.4 Å². The zero-order valence-corrected chi connectivity index (χ0v) is 16.5. The van der Waals surface area contributed by atoms with Gasteiger partial charge in [0.2, 0.25) is 5.12 Å². The molecule has 5 heteroatoms. The number of rotatable bonds is 4. The van der Waals surface area contributed by atoms with Crippen molar-refractivity contribution in [2.75, 3.05) is 0 Å². The summed E-state index contributed by atoms with van der Waals surface area (Å²) in [6.07, 6.45) is 0. The van der Waals surface area contributed by atoms with Gasteiger partial charge in [0.15, 0.2) is 0 Å². The van der Waals surface area contributed by atoms with Gasteiger partial charge in [0.1, 0.15) is 5.01 Å². The van der Waals surface area contributed by atoms with Gasteiger partial charge in [-0.2, -0.15) is 0 Å². The Morgan fingerprint density at radius 3 is 2.27 bits per heavy atom. The highest BCUT2D eigenvalue weighted by atomic mass is 32.1. The number of thiazole rings is 1. The number of benzene rings is 2. The Hall–Kier alpha value is -2.21. The molecule has 128 valence electrons. The maximum atomic E-state index is 11.5. The Kier molecular flexibility index (Phi) is 4.76. The minimum absolute atomic E-state index is 0.197. The summed E-state index contributed by atoms with van der Waals surface area (Å²) in [6.45, 7) is 2.01. The van der Waals surface area contributed by atoms with Crippen molar-refractivity contribution in [3.8, 4) is 33.0 Å². The fraction of sp³-hybridized carbons (Fsp3) is 0.0476. The fourth-order valence-corrected chi connectivity index (χ4v) is 4.82. The Labute approximate surface area is 165 Å². The molecule has 2 aromatic carbocycles. The first-order chi connectivity index (χ1) is 12.6. The van der Waals surface area contributed by atoms with Gasteiger partial charge in [-0.3, -0.25) is 4.79 Å². The second-order valence-electron chi connectivity index (χ2n) is 5.87. The molecule has 2 heterocycles. The first kappa shape index (κ1) is 17.2. The molecule has 0 saturated heterocycles. The number of carbonyl (C=O) groups excluding carboxylic acids is 1. The Morgan fingerprint density at radius 2 is 1.62 bits per heavy atom.